The fourth-order valence-electron chi connectivity index (χ4n) is 3.67. The Morgan fingerprint density at radius 1 is 1.43 bits per heavy atom. The van der Waals surface area contributed by atoms with E-state index in [0.29, 0.717) is 38.2 Å². The van der Waals surface area contributed by atoms with Crippen molar-refractivity contribution in [3.05, 3.63) is 21.9 Å². The predicted octanol–water partition coefficient (Wildman–Crippen LogP) is 2.64. The molecule has 0 saturated carbocycles. The van der Waals surface area contributed by atoms with Crippen molar-refractivity contribution in [3.8, 4) is 0 Å². The second-order valence-corrected chi connectivity index (χ2v) is 8.27. The average Bonchev–Trinajstić information content (AvgIpc) is 3.14. The zero-order valence-electron chi connectivity index (χ0n) is 16.7. The van der Waals surface area contributed by atoms with Gasteiger partial charge in [0.05, 0.1) is 13.2 Å². The molecule has 1 amide bonds. The number of aliphatic imine (C=N–C) groups is 1. The van der Waals surface area contributed by atoms with Crippen molar-refractivity contribution in [2.24, 2.45) is 10.7 Å². The normalized spacial score (nSPS) is 19.5. The summed E-state index contributed by atoms with van der Waals surface area (Å²) in [7, 11) is 0. The lowest BCUT2D eigenvalue weighted by atomic mass is 10.1. The van der Waals surface area contributed by atoms with E-state index in [1.54, 1.807) is 4.90 Å². The summed E-state index contributed by atoms with van der Waals surface area (Å²) in [5, 5.41) is 5.50. The molecule has 3 N–H and O–H groups in total. The van der Waals surface area contributed by atoms with E-state index in [4.69, 9.17) is 10.5 Å². The number of ether oxygens (including phenoxy) is 1. The van der Waals surface area contributed by atoms with Crippen molar-refractivity contribution in [2.45, 2.75) is 51.7 Å². The topological polar surface area (TPSA) is 83.2 Å². The summed E-state index contributed by atoms with van der Waals surface area (Å²) in [4.78, 5) is 22.1. The monoisotopic (exact) mass is 521 g/mol. The Labute approximate surface area is 188 Å². The number of piperidine rings is 1. The first-order chi connectivity index (χ1) is 13.1. The Morgan fingerprint density at radius 3 is 2.89 bits per heavy atom. The summed E-state index contributed by atoms with van der Waals surface area (Å²) in [6.45, 7) is 8.63. The third-order valence-electron chi connectivity index (χ3n) is 5.36. The zero-order chi connectivity index (χ0) is 19.2. The molecule has 0 aromatic carbocycles. The van der Waals surface area contributed by atoms with Crippen LogP contribution >= 0.6 is 35.3 Å². The molecule has 0 radical (unpaired) electrons. The first-order valence-electron chi connectivity index (χ1n) is 9.84. The molecule has 2 aliphatic heterocycles. The minimum atomic E-state index is -0.221. The molecule has 158 valence electrons. The molecular formula is C19H32IN5O2S. The van der Waals surface area contributed by atoms with Crippen molar-refractivity contribution in [2.75, 3.05) is 32.8 Å². The molecule has 28 heavy (non-hydrogen) atoms. The minimum absolute atomic E-state index is 0. The number of amides is 1. The standard InChI is InChI=1S/C19H31N5O2S.HI/c1-3-26-19(25)23-8-4-16(5-9-23)22-18(20)21-12-14(2)24-10-6-17-15(13-24)7-11-27-17;/h7,11,14,16H,3-6,8-10,12-13H2,1-2H3,(H3,20,21,22);1H. The molecule has 1 unspecified atom stereocenters. The summed E-state index contributed by atoms with van der Waals surface area (Å²) < 4.78 is 5.05. The molecule has 1 fully saturated rings. The highest BCUT2D eigenvalue weighted by Gasteiger charge is 2.24. The van der Waals surface area contributed by atoms with E-state index in [9.17, 15) is 4.79 Å². The number of carbonyl (C=O) groups is 1. The average molecular weight is 521 g/mol. The van der Waals surface area contributed by atoms with Gasteiger partial charge in [-0.15, -0.1) is 35.3 Å². The zero-order valence-corrected chi connectivity index (χ0v) is 19.9. The number of halogens is 1. The van der Waals surface area contributed by atoms with Crippen LogP contribution in [0.25, 0.3) is 0 Å². The summed E-state index contributed by atoms with van der Waals surface area (Å²) in [6, 6.07) is 2.86. The lowest BCUT2D eigenvalue weighted by Gasteiger charge is -2.32. The number of likely N-dealkylation sites (tertiary alicyclic amines) is 1. The van der Waals surface area contributed by atoms with Crippen LogP contribution in [0.5, 0.6) is 0 Å². The largest absolute Gasteiger partial charge is 0.450 e. The van der Waals surface area contributed by atoms with E-state index in [0.717, 1.165) is 32.4 Å². The van der Waals surface area contributed by atoms with Gasteiger partial charge >= 0.3 is 6.09 Å². The Hall–Kier alpha value is -1.07. The van der Waals surface area contributed by atoms with Crippen LogP contribution in [0.15, 0.2) is 16.4 Å². The fraction of sp³-hybridized carbons (Fsp3) is 0.684. The van der Waals surface area contributed by atoms with E-state index in [1.165, 1.54) is 10.4 Å². The van der Waals surface area contributed by atoms with E-state index in [2.05, 4.69) is 33.6 Å². The quantitative estimate of drug-likeness (QED) is 0.354. The Kier molecular flexibility index (Phi) is 9.29. The molecule has 1 aromatic rings. The Morgan fingerprint density at radius 2 is 2.18 bits per heavy atom. The van der Waals surface area contributed by atoms with Crippen molar-refractivity contribution in [3.63, 3.8) is 0 Å². The van der Waals surface area contributed by atoms with E-state index in [-0.39, 0.29) is 36.1 Å². The first kappa shape index (κ1) is 23.2. The molecule has 3 heterocycles. The van der Waals surface area contributed by atoms with Crippen LogP contribution < -0.4 is 11.1 Å². The number of nitrogens with two attached hydrogens (primary N) is 1. The van der Waals surface area contributed by atoms with Gasteiger partial charge in [0.25, 0.3) is 0 Å². The third kappa shape index (κ3) is 6.21. The number of hydrogen-bond acceptors (Lipinski definition) is 5. The molecule has 1 atom stereocenters. The Bertz CT molecular complexity index is 661. The number of rotatable bonds is 5. The number of nitrogens with zero attached hydrogens (tertiary/aromatic N) is 3. The predicted molar refractivity (Wildman–Crippen MR) is 125 cm³/mol. The highest BCUT2D eigenvalue weighted by molar-refractivity contribution is 14.0. The summed E-state index contributed by atoms with van der Waals surface area (Å²) >= 11 is 1.86. The van der Waals surface area contributed by atoms with Gasteiger partial charge in [0.1, 0.15) is 0 Å². The molecule has 9 heteroatoms. The second-order valence-electron chi connectivity index (χ2n) is 7.27. The molecule has 1 aromatic heterocycles. The van der Waals surface area contributed by atoms with Crippen LogP contribution in [0, 0.1) is 0 Å². The molecule has 2 aliphatic rings. The number of thiophene rings is 1. The van der Waals surface area contributed by atoms with Crippen LogP contribution in [0.1, 0.15) is 37.1 Å². The molecule has 7 nitrogen and oxygen atoms in total. The highest BCUT2D eigenvalue weighted by atomic mass is 127. The van der Waals surface area contributed by atoms with Crippen LogP contribution in [0.3, 0.4) is 0 Å². The Balaban J connectivity index is 0.00000280. The van der Waals surface area contributed by atoms with E-state index < -0.39 is 0 Å². The fourth-order valence-corrected chi connectivity index (χ4v) is 4.56. The van der Waals surface area contributed by atoms with E-state index in [1.807, 2.05) is 18.3 Å². The highest BCUT2D eigenvalue weighted by Crippen LogP contribution is 2.25. The molecule has 1 saturated heterocycles. The lowest BCUT2D eigenvalue weighted by Crippen LogP contribution is -2.49. The van der Waals surface area contributed by atoms with Crippen LogP contribution in [-0.4, -0.2) is 66.7 Å². The number of hydrogen-bond donors (Lipinski definition) is 2. The van der Waals surface area contributed by atoms with Crippen LogP contribution in [0.2, 0.25) is 0 Å². The van der Waals surface area contributed by atoms with E-state index >= 15 is 0 Å². The van der Waals surface area contributed by atoms with Crippen molar-refractivity contribution in [1.29, 1.82) is 0 Å². The molecule has 0 spiro atoms. The molecular weight excluding hydrogens is 489 g/mol. The summed E-state index contributed by atoms with van der Waals surface area (Å²) in [5.74, 6) is 0.504. The molecule has 0 aliphatic carbocycles. The number of fused-ring (bicyclic) bond motifs is 1. The van der Waals surface area contributed by atoms with Crippen molar-refractivity contribution in [1.82, 2.24) is 15.1 Å². The van der Waals surface area contributed by atoms with Crippen molar-refractivity contribution >= 4 is 47.4 Å². The van der Waals surface area contributed by atoms with Crippen LogP contribution in [0.4, 0.5) is 4.79 Å². The maximum atomic E-state index is 11.7. The maximum absolute atomic E-state index is 11.7. The second kappa shape index (κ2) is 11.2. The third-order valence-corrected chi connectivity index (χ3v) is 6.38. The number of guanidine groups is 1. The maximum Gasteiger partial charge on any atom is 0.409 e. The number of nitrogens with one attached hydrogen (secondary N) is 1. The van der Waals surface area contributed by atoms with Gasteiger partial charge in [-0.25, -0.2) is 4.79 Å². The molecule has 3 rings (SSSR count). The lowest BCUT2D eigenvalue weighted by molar-refractivity contribution is 0.0963. The van der Waals surface area contributed by atoms with Gasteiger partial charge in [-0.3, -0.25) is 9.89 Å². The van der Waals surface area contributed by atoms with Gasteiger partial charge in [0, 0.05) is 43.1 Å². The first-order valence-corrected chi connectivity index (χ1v) is 10.7. The summed E-state index contributed by atoms with van der Waals surface area (Å²) in [5.41, 5.74) is 7.56. The van der Waals surface area contributed by atoms with Crippen LogP contribution in [-0.2, 0) is 17.7 Å². The molecule has 0 bridgehead atoms. The van der Waals surface area contributed by atoms with Gasteiger partial charge in [-0.05, 0) is 50.1 Å². The van der Waals surface area contributed by atoms with Gasteiger partial charge in [0.15, 0.2) is 5.96 Å². The number of carbonyl (C=O) groups excluding carboxylic acids is 1. The van der Waals surface area contributed by atoms with Gasteiger partial charge < -0.3 is 20.7 Å². The SMILES string of the molecule is CCOC(=O)N1CCC(NC(N)=NCC(C)N2CCc3sccc3C2)CC1.I. The van der Waals surface area contributed by atoms with Crippen molar-refractivity contribution < 1.29 is 9.53 Å². The van der Waals surface area contributed by atoms with Gasteiger partial charge in [0.2, 0.25) is 0 Å². The minimum Gasteiger partial charge on any atom is -0.450 e. The smallest absolute Gasteiger partial charge is 0.409 e. The van der Waals surface area contributed by atoms with Gasteiger partial charge in [-0.1, -0.05) is 0 Å². The summed E-state index contributed by atoms with van der Waals surface area (Å²) in [6.07, 6.45) is 2.63. The van der Waals surface area contributed by atoms with Gasteiger partial charge in [-0.2, -0.15) is 0 Å².